The van der Waals surface area contributed by atoms with Crippen molar-refractivity contribution in [2.75, 3.05) is 36.8 Å². The highest BCUT2D eigenvalue weighted by molar-refractivity contribution is 7.80. The van der Waals surface area contributed by atoms with Crippen molar-refractivity contribution in [2.24, 2.45) is 0 Å². The molecule has 3 nitrogen and oxygen atoms in total. The summed E-state index contributed by atoms with van der Waals surface area (Å²) in [5.74, 6) is 0. The zero-order chi connectivity index (χ0) is 20.1. The first-order chi connectivity index (χ1) is 14.2. The number of thiol groups is 1. The van der Waals surface area contributed by atoms with Crippen LogP contribution in [0.1, 0.15) is 5.56 Å². The number of nitrogens with one attached hydrogen (secondary N) is 3. The Balaban J connectivity index is 1.26. The molecule has 148 valence electrons. The van der Waals surface area contributed by atoms with E-state index >= 15 is 0 Å². The zero-order valence-corrected chi connectivity index (χ0v) is 17.6. The Bertz CT molecular complexity index is 1020. The minimum atomic E-state index is 0.870. The summed E-state index contributed by atoms with van der Waals surface area (Å²) in [6.45, 7) is 5.75. The van der Waals surface area contributed by atoms with Crippen molar-refractivity contribution in [3.63, 3.8) is 0 Å². The van der Waals surface area contributed by atoms with Gasteiger partial charge in [-0.1, -0.05) is 54.6 Å². The summed E-state index contributed by atoms with van der Waals surface area (Å²) in [5.41, 5.74) is 3.65. The molecule has 0 amide bonds. The summed E-state index contributed by atoms with van der Waals surface area (Å²) >= 11 is 4.61. The Morgan fingerprint density at radius 1 is 0.621 bits per heavy atom. The van der Waals surface area contributed by atoms with Crippen molar-refractivity contribution in [3.05, 3.63) is 78.4 Å². The molecular formula is C25H27N3S. The SMILES string of the molecule is Cc1cccc2cccc(NCCNCCNc3cccc4cccc(S)c34)c12. The number of aryl methyl sites for hydroxylation is 1. The molecule has 3 N–H and O–H groups in total. The largest absolute Gasteiger partial charge is 0.383 e. The molecule has 4 rings (SSSR count). The summed E-state index contributed by atoms with van der Waals surface area (Å²) in [7, 11) is 0. The number of rotatable bonds is 8. The van der Waals surface area contributed by atoms with Crippen LogP contribution in [0, 0.1) is 6.92 Å². The number of hydrogen-bond donors (Lipinski definition) is 4. The molecule has 0 aliphatic rings. The molecule has 4 heteroatoms. The molecule has 4 aromatic carbocycles. The van der Waals surface area contributed by atoms with Gasteiger partial charge in [0.1, 0.15) is 0 Å². The van der Waals surface area contributed by atoms with Gasteiger partial charge in [0.2, 0.25) is 0 Å². The second-order valence-corrected chi connectivity index (χ2v) is 7.74. The average Bonchev–Trinajstić information content (AvgIpc) is 2.73. The fourth-order valence-corrected chi connectivity index (χ4v) is 4.18. The van der Waals surface area contributed by atoms with Gasteiger partial charge in [0.25, 0.3) is 0 Å². The van der Waals surface area contributed by atoms with Gasteiger partial charge in [-0.3, -0.25) is 0 Å². The van der Waals surface area contributed by atoms with E-state index in [1.165, 1.54) is 32.8 Å². The van der Waals surface area contributed by atoms with Gasteiger partial charge in [0.15, 0.2) is 0 Å². The molecule has 29 heavy (non-hydrogen) atoms. The van der Waals surface area contributed by atoms with E-state index in [-0.39, 0.29) is 0 Å². The summed E-state index contributed by atoms with van der Waals surface area (Å²) in [4.78, 5) is 1.01. The smallest absolute Gasteiger partial charge is 0.0431 e. The molecule has 4 aromatic rings. The molecule has 0 aliphatic carbocycles. The van der Waals surface area contributed by atoms with E-state index in [0.717, 1.165) is 36.8 Å². The van der Waals surface area contributed by atoms with Crippen molar-refractivity contribution in [1.29, 1.82) is 0 Å². The monoisotopic (exact) mass is 401 g/mol. The van der Waals surface area contributed by atoms with Crippen molar-refractivity contribution in [2.45, 2.75) is 11.8 Å². The molecule has 0 unspecified atom stereocenters. The Hall–Kier alpha value is -2.69. The van der Waals surface area contributed by atoms with Crippen molar-refractivity contribution < 1.29 is 0 Å². The van der Waals surface area contributed by atoms with E-state index < -0.39 is 0 Å². The standard InChI is InChI=1S/C25H27N3S/c1-18-6-2-7-19-8-3-11-21(24(18)19)27-16-14-26-15-17-28-22-12-4-9-20-10-5-13-23(29)25(20)22/h2-13,26-29H,14-17H2,1H3. The van der Waals surface area contributed by atoms with Crippen LogP contribution in [0.3, 0.4) is 0 Å². The molecule has 0 radical (unpaired) electrons. The predicted octanol–water partition coefficient (Wildman–Crippen LogP) is 5.70. The molecular weight excluding hydrogens is 374 g/mol. The highest BCUT2D eigenvalue weighted by Gasteiger charge is 2.04. The lowest BCUT2D eigenvalue weighted by Gasteiger charge is -2.13. The second kappa shape index (κ2) is 9.21. The fourth-order valence-electron chi connectivity index (χ4n) is 3.84. The highest BCUT2D eigenvalue weighted by atomic mass is 32.1. The maximum absolute atomic E-state index is 4.61. The lowest BCUT2D eigenvalue weighted by atomic mass is 10.0. The molecule has 0 atom stereocenters. The number of hydrogen-bond acceptors (Lipinski definition) is 4. The third-order valence-electron chi connectivity index (χ3n) is 5.23. The second-order valence-electron chi connectivity index (χ2n) is 7.26. The summed E-state index contributed by atoms with van der Waals surface area (Å²) in [5, 5.41) is 15.6. The fraction of sp³-hybridized carbons (Fsp3) is 0.200. The van der Waals surface area contributed by atoms with E-state index in [1.54, 1.807) is 0 Å². The molecule has 0 heterocycles. The first-order valence-electron chi connectivity index (χ1n) is 10.1. The van der Waals surface area contributed by atoms with Gasteiger partial charge in [0.05, 0.1) is 0 Å². The van der Waals surface area contributed by atoms with Crippen LogP contribution >= 0.6 is 12.6 Å². The Kier molecular flexibility index (Phi) is 6.23. The van der Waals surface area contributed by atoms with Crippen LogP contribution in [0.5, 0.6) is 0 Å². The van der Waals surface area contributed by atoms with Gasteiger partial charge in [-0.2, -0.15) is 0 Å². The summed E-state index contributed by atoms with van der Waals surface area (Å²) in [6.07, 6.45) is 0. The van der Waals surface area contributed by atoms with E-state index in [1.807, 2.05) is 12.1 Å². The highest BCUT2D eigenvalue weighted by Crippen LogP contribution is 2.29. The third kappa shape index (κ3) is 4.50. The van der Waals surface area contributed by atoms with E-state index in [4.69, 9.17) is 0 Å². The van der Waals surface area contributed by atoms with Crippen LogP contribution < -0.4 is 16.0 Å². The van der Waals surface area contributed by atoms with Crippen LogP contribution in [0.4, 0.5) is 11.4 Å². The van der Waals surface area contributed by atoms with Gasteiger partial charge in [-0.15, -0.1) is 12.6 Å². The van der Waals surface area contributed by atoms with Crippen molar-refractivity contribution in [3.8, 4) is 0 Å². The van der Waals surface area contributed by atoms with Gasteiger partial charge in [-0.25, -0.2) is 0 Å². The van der Waals surface area contributed by atoms with Crippen LogP contribution in [0.25, 0.3) is 21.5 Å². The van der Waals surface area contributed by atoms with E-state index in [9.17, 15) is 0 Å². The zero-order valence-electron chi connectivity index (χ0n) is 16.7. The van der Waals surface area contributed by atoms with Crippen molar-refractivity contribution >= 4 is 45.5 Å². The summed E-state index contributed by atoms with van der Waals surface area (Å²) in [6, 6.07) is 25.4. The van der Waals surface area contributed by atoms with E-state index in [0.29, 0.717) is 0 Å². The Labute approximate surface area is 177 Å². The number of anilines is 2. The normalized spacial score (nSPS) is 11.1. The maximum Gasteiger partial charge on any atom is 0.0431 e. The first kappa shape index (κ1) is 19.6. The lowest BCUT2D eigenvalue weighted by molar-refractivity contribution is 0.719. The molecule has 0 saturated carbocycles. The van der Waals surface area contributed by atoms with Crippen molar-refractivity contribution in [1.82, 2.24) is 5.32 Å². The molecule has 0 saturated heterocycles. The maximum atomic E-state index is 4.61. The van der Waals surface area contributed by atoms with Gasteiger partial charge < -0.3 is 16.0 Å². The van der Waals surface area contributed by atoms with Crippen LogP contribution in [0.2, 0.25) is 0 Å². The van der Waals surface area contributed by atoms with E-state index in [2.05, 4.69) is 96.2 Å². The molecule has 0 aromatic heterocycles. The third-order valence-corrected chi connectivity index (χ3v) is 5.60. The lowest BCUT2D eigenvalue weighted by Crippen LogP contribution is -2.27. The minimum absolute atomic E-state index is 0.870. The first-order valence-corrected chi connectivity index (χ1v) is 10.6. The molecule has 0 aliphatic heterocycles. The average molecular weight is 402 g/mol. The van der Waals surface area contributed by atoms with Crippen LogP contribution in [0.15, 0.2) is 77.7 Å². The van der Waals surface area contributed by atoms with Crippen LogP contribution in [-0.4, -0.2) is 26.2 Å². The quantitative estimate of drug-likeness (QED) is 0.226. The molecule has 0 fully saturated rings. The van der Waals surface area contributed by atoms with Crippen LogP contribution in [-0.2, 0) is 0 Å². The van der Waals surface area contributed by atoms with Gasteiger partial charge >= 0.3 is 0 Å². The number of benzene rings is 4. The molecule has 0 bridgehead atoms. The van der Waals surface area contributed by atoms with Gasteiger partial charge in [-0.05, 0) is 41.5 Å². The number of fused-ring (bicyclic) bond motifs is 2. The van der Waals surface area contributed by atoms with Gasteiger partial charge in [0, 0.05) is 53.2 Å². The predicted molar refractivity (Wildman–Crippen MR) is 130 cm³/mol. The minimum Gasteiger partial charge on any atom is -0.383 e. The Morgan fingerprint density at radius 2 is 1.14 bits per heavy atom. The molecule has 0 spiro atoms. The topological polar surface area (TPSA) is 36.1 Å². The Morgan fingerprint density at radius 3 is 1.79 bits per heavy atom. The summed E-state index contributed by atoms with van der Waals surface area (Å²) < 4.78 is 0.